The summed E-state index contributed by atoms with van der Waals surface area (Å²) in [6.45, 7) is 4.00. The predicted octanol–water partition coefficient (Wildman–Crippen LogP) is 3.20. The molecule has 0 fully saturated rings. The minimum absolute atomic E-state index is 0.0256. The summed E-state index contributed by atoms with van der Waals surface area (Å²) < 4.78 is 2.51. The van der Waals surface area contributed by atoms with Crippen molar-refractivity contribution in [2.24, 2.45) is 0 Å². The van der Waals surface area contributed by atoms with E-state index in [4.69, 9.17) is 0 Å². The van der Waals surface area contributed by atoms with Crippen LogP contribution in [0.1, 0.15) is 19.9 Å². The molecule has 0 N–H and O–H groups in total. The van der Waals surface area contributed by atoms with E-state index in [1.54, 1.807) is 12.4 Å². The molecule has 1 heterocycles. The number of aromatic nitrogens is 3. The summed E-state index contributed by atoms with van der Waals surface area (Å²) in [7, 11) is 0. The number of non-ortho nitro benzene ring substituents is 1. The lowest BCUT2D eigenvalue weighted by atomic mass is 10.2. The van der Waals surface area contributed by atoms with Crippen LogP contribution in [0, 0.1) is 10.1 Å². The topological polar surface area (TPSA) is 73.8 Å². The minimum Gasteiger partial charge on any atom is -0.311 e. The largest absolute Gasteiger partial charge is 0.311 e. The van der Waals surface area contributed by atoms with E-state index in [1.165, 1.54) is 12.1 Å². The molecule has 0 saturated carbocycles. The average Bonchev–Trinajstić information content (AvgIpc) is 2.76. The smallest absolute Gasteiger partial charge is 0.271 e. The Morgan fingerprint density at radius 3 is 2.72 bits per heavy atom. The molecule has 94 valence electrons. The second-order valence-electron chi connectivity index (χ2n) is 4.11. The fourth-order valence-corrected chi connectivity index (χ4v) is 2.12. The Labute approximate surface area is 112 Å². The molecule has 0 bridgehead atoms. The molecule has 0 radical (unpaired) electrons. The first-order chi connectivity index (χ1) is 8.49. The third kappa shape index (κ3) is 2.40. The highest BCUT2D eigenvalue weighted by atomic mass is 79.9. The van der Waals surface area contributed by atoms with Gasteiger partial charge in [0.15, 0.2) is 5.82 Å². The Morgan fingerprint density at radius 1 is 1.39 bits per heavy atom. The first-order valence-electron chi connectivity index (χ1n) is 5.34. The maximum absolute atomic E-state index is 10.8. The number of hydrogen-bond acceptors (Lipinski definition) is 4. The quantitative estimate of drug-likeness (QED) is 0.644. The van der Waals surface area contributed by atoms with Crippen LogP contribution < -0.4 is 0 Å². The Morgan fingerprint density at radius 2 is 2.11 bits per heavy atom. The fourth-order valence-electron chi connectivity index (χ4n) is 1.64. The van der Waals surface area contributed by atoms with Crippen LogP contribution in [-0.4, -0.2) is 19.7 Å². The van der Waals surface area contributed by atoms with Gasteiger partial charge in [0.2, 0.25) is 0 Å². The second-order valence-corrected chi connectivity index (χ2v) is 5.03. The molecule has 0 aliphatic carbocycles. The van der Waals surface area contributed by atoms with Crippen molar-refractivity contribution >= 4 is 21.6 Å². The van der Waals surface area contributed by atoms with Crippen molar-refractivity contribution in [3.63, 3.8) is 0 Å². The van der Waals surface area contributed by atoms with E-state index in [2.05, 4.69) is 26.1 Å². The molecule has 7 heteroatoms. The zero-order valence-corrected chi connectivity index (χ0v) is 11.5. The molecule has 6 nitrogen and oxygen atoms in total. The van der Waals surface area contributed by atoms with E-state index in [0.717, 1.165) is 0 Å². The van der Waals surface area contributed by atoms with E-state index < -0.39 is 4.92 Å². The van der Waals surface area contributed by atoms with Gasteiger partial charge in [0.1, 0.15) is 6.33 Å². The summed E-state index contributed by atoms with van der Waals surface area (Å²) in [5.41, 5.74) is 0.694. The summed E-state index contributed by atoms with van der Waals surface area (Å²) in [6, 6.07) is 4.93. The molecular formula is C11H11BrN4O2. The van der Waals surface area contributed by atoms with Gasteiger partial charge in [0.25, 0.3) is 5.69 Å². The van der Waals surface area contributed by atoms with Crippen LogP contribution in [0.4, 0.5) is 5.69 Å². The van der Waals surface area contributed by atoms with Gasteiger partial charge in [-0.3, -0.25) is 10.1 Å². The summed E-state index contributed by atoms with van der Waals surface area (Å²) in [6.07, 6.45) is 1.62. The van der Waals surface area contributed by atoms with Crippen molar-refractivity contribution in [3.8, 4) is 11.4 Å². The average molecular weight is 311 g/mol. The summed E-state index contributed by atoms with van der Waals surface area (Å²) in [5, 5.41) is 18.7. The summed E-state index contributed by atoms with van der Waals surface area (Å²) >= 11 is 3.27. The Hall–Kier alpha value is -1.76. The Balaban J connectivity index is 2.57. The third-order valence-corrected chi connectivity index (χ3v) is 2.94. The molecule has 0 amide bonds. The van der Waals surface area contributed by atoms with Gasteiger partial charge >= 0.3 is 0 Å². The van der Waals surface area contributed by atoms with E-state index in [-0.39, 0.29) is 11.7 Å². The van der Waals surface area contributed by atoms with Gasteiger partial charge in [-0.05, 0) is 19.9 Å². The maximum Gasteiger partial charge on any atom is 0.271 e. The van der Waals surface area contributed by atoms with Gasteiger partial charge in [-0.25, -0.2) is 0 Å². The molecule has 0 saturated heterocycles. The van der Waals surface area contributed by atoms with E-state index in [9.17, 15) is 10.1 Å². The normalized spacial score (nSPS) is 10.9. The summed E-state index contributed by atoms with van der Waals surface area (Å²) in [5.74, 6) is 0.620. The van der Waals surface area contributed by atoms with Crippen LogP contribution in [0.3, 0.4) is 0 Å². The highest BCUT2D eigenvalue weighted by molar-refractivity contribution is 9.10. The van der Waals surface area contributed by atoms with E-state index in [0.29, 0.717) is 15.9 Å². The number of nitro benzene ring substituents is 1. The molecule has 18 heavy (non-hydrogen) atoms. The molecule has 2 rings (SSSR count). The lowest BCUT2D eigenvalue weighted by Crippen LogP contribution is -2.02. The van der Waals surface area contributed by atoms with Crippen molar-refractivity contribution in [3.05, 3.63) is 39.1 Å². The number of halogens is 1. The van der Waals surface area contributed by atoms with Crippen LogP contribution >= 0.6 is 15.9 Å². The fraction of sp³-hybridized carbons (Fsp3) is 0.273. The number of nitrogens with zero attached hydrogens (tertiary/aromatic N) is 4. The minimum atomic E-state index is -0.426. The summed E-state index contributed by atoms with van der Waals surface area (Å²) in [4.78, 5) is 10.4. The molecule has 1 aromatic carbocycles. The molecule has 0 spiro atoms. The van der Waals surface area contributed by atoms with E-state index in [1.807, 2.05) is 18.4 Å². The highest BCUT2D eigenvalue weighted by Gasteiger charge is 2.15. The van der Waals surface area contributed by atoms with Gasteiger partial charge < -0.3 is 4.57 Å². The molecule has 2 aromatic rings. The van der Waals surface area contributed by atoms with Gasteiger partial charge in [-0.1, -0.05) is 15.9 Å². The van der Waals surface area contributed by atoms with Gasteiger partial charge in [0.05, 0.1) is 4.92 Å². The van der Waals surface area contributed by atoms with Crippen molar-refractivity contribution in [1.29, 1.82) is 0 Å². The van der Waals surface area contributed by atoms with Gasteiger partial charge in [-0.2, -0.15) is 0 Å². The number of rotatable bonds is 3. The molecule has 0 unspecified atom stereocenters. The Bertz CT molecular complexity index is 594. The number of benzene rings is 1. The lowest BCUT2D eigenvalue weighted by molar-refractivity contribution is -0.384. The van der Waals surface area contributed by atoms with Crippen LogP contribution in [0.5, 0.6) is 0 Å². The van der Waals surface area contributed by atoms with Crippen molar-refractivity contribution in [1.82, 2.24) is 14.8 Å². The van der Waals surface area contributed by atoms with Gasteiger partial charge in [-0.15, -0.1) is 10.2 Å². The van der Waals surface area contributed by atoms with E-state index >= 15 is 0 Å². The number of hydrogen-bond donors (Lipinski definition) is 0. The third-order valence-electron chi connectivity index (χ3n) is 2.48. The first kappa shape index (κ1) is 12.7. The monoisotopic (exact) mass is 310 g/mol. The second kappa shape index (κ2) is 4.85. The molecule has 1 aromatic heterocycles. The zero-order valence-electron chi connectivity index (χ0n) is 9.87. The number of nitro groups is 1. The van der Waals surface area contributed by atoms with Crippen LogP contribution in [0.25, 0.3) is 11.4 Å². The van der Waals surface area contributed by atoms with Crippen LogP contribution in [0.2, 0.25) is 0 Å². The maximum atomic E-state index is 10.8. The highest BCUT2D eigenvalue weighted by Crippen LogP contribution is 2.28. The molecular weight excluding hydrogens is 300 g/mol. The SMILES string of the molecule is CC(C)n1cnnc1-c1cc(Br)cc([N+](=O)[O-])c1. The molecule has 0 aliphatic heterocycles. The van der Waals surface area contributed by atoms with Crippen LogP contribution in [-0.2, 0) is 0 Å². The lowest BCUT2D eigenvalue weighted by Gasteiger charge is -2.10. The van der Waals surface area contributed by atoms with Crippen molar-refractivity contribution < 1.29 is 4.92 Å². The van der Waals surface area contributed by atoms with Crippen LogP contribution in [0.15, 0.2) is 29.0 Å². The Kier molecular flexibility index (Phi) is 3.42. The zero-order chi connectivity index (χ0) is 13.3. The van der Waals surface area contributed by atoms with Crippen molar-refractivity contribution in [2.45, 2.75) is 19.9 Å². The molecule has 0 atom stereocenters. The predicted molar refractivity (Wildman–Crippen MR) is 70.2 cm³/mol. The first-order valence-corrected chi connectivity index (χ1v) is 6.13. The molecule has 0 aliphatic rings. The van der Waals surface area contributed by atoms with Crippen molar-refractivity contribution in [2.75, 3.05) is 0 Å². The standard InChI is InChI=1S/C11H11BrN4O2/c1-7(2)15-6-13-14-11(15)8-3-9(12)5-10(4-8)16(17)18/h3-7H,1-2H3. The van der Waals surface area contributed by atoms with Gasteiger partial charge in [0, 0.05) is 28.2 Å².